The Morgan fingerprint density at radius 3 is 2.51 bits per heavy atom. The second kappa shape index (κ2) is 10.2. The first-order valence-electron chi connectivity index (χ1n) is 13.5. The lowest BCUT2D eigenvalue weighted by Crippen LogP contribution is -2.33. The fourth-order valence-corrected chi connectivity index (χ4v) is 5.23. The molecule has 2 aromatic carbocycles. The molecule has 0 spiro atoms. The van der Waals surface area contributed by atoms with E-state index in [0.29, 0.717) is 29.9 Å². The first-order chi connectivity index (χ1) is 17.3. The number of rotatable bonds is 8. The van der Waals surface area contributed by atoms with Crippen molar-refractivity contribution in [3.8, 4) is 17.2 Å². The van der Waals surface area contributed by atoms with E-state index in [4.69, 9.17) is 14.2 Å². The van der Waals surface area contributed by atoms with Crippen molar-refractivity contribution in [1.29, 1.82) is 0 Å². The van der Waals surface area contributed by atoms with Crippen LogP contribution in [0.1, 0.15) is 100 Å². The molecule has 0 bridgehead atoms. The Kier molecular flexibility index (Phi) is 7.49. The quantitative estimate of drug-likeness (QED) is 0.302. The lowest BCUT2D eigenvalue weighted by atomic mass is 9.88. The highest BCUT2D eigenvalue weighted by Crippen LogP contribution is 2.41. The second-order valence-electron chi connectivity index (χ2n) is 12.2. The number of carbonyl (C=O) groups is 1. The number of phenolic OH excluding ortho intramolecular Hbond substituents is 1. The molecule has 0 atom stereocenters. The minimum absolute atomic E-state index is 0.0302. The lowest BCUT2D eigenvalue weighted by Gasteiger charge is -2.35. The number of aromatic hydroxyl groups is 1. The van der Waals surface area contributed by atoms with Crippen LogP contribution in [0.25, 0.3) is 6.08 Å². The summed E-state index contributed by atoms with van der Waals surface area (Å²) in [5, 5.41) is 10.9. The van der Waals surface area contributed by atoms with Gasteiger partial charge in [0.25, 0.3) is 0 Å². The minimum atomic E-state index is -0.272. The van der Waals surface area contributed by atoms with Crippen LogP contribution < -0.4 is 9.47 Å². The predicted octanol–water partition coefficient (Wildman–Crippen LogP) is 7.24. The van der Waals surface area contributed by atoms with Gasteiger partial charge in [0, 0.05) is 12.2 Å². The van der Waals surface area contributed by atoms with Crippen molar-refractivity contribution in [1.82, 2.24) is 0 Å². The highest BCUT2D eigenvalue weighted by atomic mass is 16.5. The topological polar surface area (TPSA) is 65.0 Å². The number of aryl methyl sites for hydroxylation is 2. The summed E-state index contributed by atoms with van der Waals surface area (Å²) in [7, 11) is 0. The molecule has 37 heavy (non-hydrogen) atoms. The smallest absolute Gasteiger partial charge is 0.189 e. The summed E-state index contributed by atoms with van der Waals surface area (Å²) >= 11 is 0. The van der Waals surface area contributed by atoms with Gasteiger partial charge in [0.1, 0.15) is 28.5 Å². The SMILES string of the molecule is CCOC(C)(C)CCc1cc(C=CC(=O)c2ccc3c(c2O)CCC(C)(C)O3)cc2c1OC(C)(C)CC2. The highest BCUT2D eigenvalue weighted by Gasteiger charge is 2.31. The monoisotopic (exact) mass is 506 g/mol. The summed E-state index contributed by atoms with van der Waals surface area (Å²) < 4.78 is 18.4. The van der Waals surface area contributed by atoms with E-state index in [1.807, 2.05) is 26.8 Å². The molecule has 4 rings (SSSR count). The summed E-state index contributed by atoms with van der Waals surface area (Å²) in [6, 6.07) is 7.70. The Balaban J connectivity index is 1.60. The standard InChI is InChI=1S/C32H42O5/c1-8-35-30(2,3)16-13-22-19-21(20-23-14-17-32(6,7)37-29(22)23)9-11-26(33)24-10-12-27-25(28(24)34)15-18-31(4,5)36-27/h9-12,19-20,34H,8,13-18H2,1-7H3. The van der Waals surface area contributed by atoms with Gasteiger partial charge in [0.05, 0.1) is 11.2 Å². The molecule has 0 unspecified atom stereocenters. The van der Waals surface area contributed by atoms with E-state index in [0.717, 1.165) is 49.0 Å². The Morgan fingerprint density at radius 2 is 1.78 bits per heavy atom. The van der Waals surface area contributed by atoms with E-state index in [1.54, 1.807) is 18.2 Å². The number of ether oxygens (including phenoxy) is 3. The van der Waals surface area contributed by atoms with E-state index < -0.39 is 0 Å². The Labute approximate surface area is 221 Å². The number of fused-ring (bicyclic) bond motifs is 2. The van der Waals surface area contributed by atoms with Gasteiger partial charge in [0.2, 0.25) is 0 Å². The molecule has 0 saturated heterocycles. The van der Waals surface area contributed by atoms with Gasteiger partial charge in [-0.3, -0.25) is 4.79 Å². The van der Waals surface area contributed by atoms with Crippen LogP contribution in [0.2, 0.25) is 0 Å². The third kappa shape index (κ3) is 6.38. The fourth-order valence-electron chi connectivity index (χ4n) is 5.23. The zero-order chi connectivity index (χ0) is 27.0. The van der Waals surface area contributed by atoms with Gasteiger partial charge >= 0.3 is 0 Å². The number of benzene rings is 2. The molecule has 1 N–H and O–H groups in total. The van der Waals surface area contributed by atoms with Gasteiger partial charge in [-0.25, -0.2) is 0 Å². The number of hydrogen-bond acceptors (Lipinski definition) is 5. The third-order valence-electron chi connectivity index (χ3n) is 7.47. The zero-order valence-electron chi connectivity index (χ0n) is 23.5. The van der Waals surface area contributed by atoms with Crippen LogP contribution in [0, 0.1) is 0 Å². The largest absolute Gasteiger partial charge is 0.507 e. The van der Waals surface area contributed by atoms with E-state index in [-0.39, 0.29) is 28.3 Å². The Hall–Kier alpha value is -2.79. The zero-order valence-corrected chi connectivity index (χ0v) is 23.5. The number of phenols is 1. The Bertz CT molecular complexity index is 1200. The predicted molar refractivity (Wildman–Crippen MR) is 148 cm³/mol. The van der Waals surface area contributed by atoms with Gasteiger partial charge in [-0.1, -0.05) is 6.08 Å². The van der Waals surface area contributed by atoms with Crippen molar-refractivity contribution in [3.05, 3.63) is 58.2 Å². The molecular formula is C32H42O5. The molecule has 0 saturated carbocycles. The van der Waals surface area contributed by atoms with Crippen molar-refractivity contribution in [2.75, 3.05) is 6.61 Å². The maximum Gasteiger partial charge on any atom is 0.189 e. The maximum atomic E-state index is 13.1. The summed E-state index contributed by atoms with van der Waals surface area (Å²) in [5.74, 6) is 1.44. The van der Waals surface area contributed by atoms with Crippen LogP contribution in [0.3, 0.4) is 0 Å². The molecule has 2 heterocycles. The average molecular weight is 507 g/mol. The average Bonchev–Trinajstić information content (AvgIpc) is 2.80. The van der Waals surface area contributed by atoms with Gasteiger partial charge in [-0.05, 0) is 134 Å². The molecule has 0 aliphatic carbocycles. The lowest BCUT2D eigenvalue weighted by molar-refractivity contribution is -0.0160. The number of ketones is 1. The first-order valence-corrected chi connectivity index (χ1v) is 13.5. The third-order valence-corrected chi connectivity index (χ3v) is 7.47. The molecule has 2 aromatic rings. The number of allylic oxidation sites excluding steroid dienone is 1. The highest BCUT2D eigenvalue weighted by molar-refractivity contribution is 6.09. The van der Waals surface area contributed by atoms with Crippen LogP contribution >= 0.6 is 0 Å². The molecule has 200 valence electrons. The number of hydrogen-bond donors (Lipinski definition) is 1. The molecule has 0 amide bonds. The molecular weight excluding hydrogens is 464 g/mol. The van der Waals surface area contributed by atoms with E-state index in [1.165, 1.54) is 5.56 Å². The molecule has 5 heteroatoms. The summed E-state index contributed by atoms with van der Waals surface area (Å²) in [4.78, 5) is 13.1. The summed E-state index contributed by atoms with van der Waals surface area (Å²) in [5.41, 5.74) is 3.60. The summed E-state index contributed by atoms with van der Waals surface area (Å²) in [6.45, 7) is 15.3. The molecule has 0 radical (unpaired) electrons. The molecule has 2 aliphatic rings. The van der Waals surface area contributed by atoms with Crippen molar-refractivity contribution in [2.45, 2.75) is 104 Å². The second-order valence-corrected chi connectivity index (χ2v) is 12.2. The summed E-state index contributed by atoms with van der Waals surface area (Å²) in [6.07, 6.45) is 8.43. The van der Waals surface area contributed by atoms with E-state index in [2.05, 4.69) is 39.8 Å². The first kappa shape index (κ1) is 27.3. The maximum absolute atomic E-state index is 13.1. The minimum Gasteiger partial charge on any atom is -0.507 e. The van der Waals surface area contributed by atoms with Gasteiger partial charge in [-0.2, -0.15) is 0 Å². The molecule has 2 aliphatic heterocycles. The van der Waals surface area contributed by atoms with Crippen molar-refractivity contribution < 1.29 is 24.1 Å². The van der Waals surface area contributed by atoms with E-state index in [9.17, 15) is 9.90 Å². The van der Waals surface area contributed by atoms with Crippen molar-refractivity contribution in [2.24, 2.45) is 0 Å². The molecule has 0 fully saturated rings. The molecule has 5 nitrogen and oxygen atoms in total. The van der Waals surface area contributed by atoms with Crippen LogP contribution in [-0.2, 0) is 24.0 Å². The number of carbonyl (C=O) groups excluding carboxylic acids is 1. The van der Waals surface area contributed by atoms with Gasteiger partial charge in [0.15, 0.2) is 5.78 Å². The van der Waals surface area contributed by atoms with Gasteiger partial charge in [-0.15, -0.1) is 0 Å². The van der Waals surface area contributed by atoms with E-state index >= 15 is 0 Å². The molecule has 0 aromatic heterocycles. The van der Waals surface area contributed by atoms with Crippen LogP contribution in [0.15, 0.2) is 30.3 Å². The fraction of sp³-hybridized carbons (Fsp3) is 0.531. The van der Waals surface area contributed by atoms with Crippen molar-refractivity contribution >= 4 is 11.9 Å². The van der Waals surface area contributed by atoms with Gasteiger partial charge < -0.3 is 19.3 Å². The van der Waals surface area contributed by atoms with Crippen LogP contribution in [0.5, 0.6) is 17.2 Å². The van der Waals surface area contributed by atoms with Crippen molar-refractivity contribution in [3.63, 3.8) is 0 Å². The van der Waals surface area contributed by atoms with Crippen LogP contribution in [-0.4, -0.2) is 34.3 Å². The Morgan fingerprint density at radius 1 is 1.08 bits per heavy atom. The normalized spacial score (nSPS) is 18.0. The van der Waals surface area contributed by atoms with Crippen LogP contribution in [0.4, 0.5) is 0 Å².